The molecule has 5 nitrogen and oxygen atoms in total. The van der Waals surface area contributed by atoms with Gasteiger partial charge in [0.1, 0.15) is 11.5 Å². The van der Waals surface area contributed by atoms with Crippen LogP contribution in [0.15, 0.2) is 52.9 Å². The molecule has 5 heteroatoms. The Bertz CT molecular complexity index is 1250. The number of rotatable bonds is 10. The van der Waals surface area contributed by atoms with Gasteiger partial charge in [-0.3, -0.25) is 0 Å². The predicted octanol–water partition coefficient (Wildman–Crippen LogP) is 7.82. The maximum Gasteiger partial charge on any atom is 0.371 e. The van der Waals surface area contributed by atoms with E-state index in [4.69, 9.17) is 9.15 Å². The Hall–Kier alpha value is -3.05. The van der Waals surface area contributed by atoms with Crippen LogP contribution in [0.1, 0.15) is 88.9 Å². The lowest BCUT2D eigenvalue weighted by Crippen LogP contribution is -2.34. The van der Waals surface area contributed by atoms with Crippen molar-refractivity contribution in [2.24, 2.45) is 0 Å². The zero-order chi connectivity index (χ0) is 26.8. The van der Waals surface area contributed by atoms with Crippen molar-refractivity contribution < 1.29 is 19.1 Å². The number of carboxylic acid groups (broad SMARTS) is 1. The summed E-state index contributed by atoms with van der Waals surface area (Å²) in [6.07, 6.45) is 4.34. The van der Waals surface area contributed by atoms with Crippen molar-refractivity contribution in [3.05, 3.63) is 65.4 Å². The lowest BCUT2D eigenvalue weighted by atomic mass is 9.62. The summed E-state index contributed by atoms with van der Waals surface area (Å²) in [5.74, 6) is 0.407. The van der Waals surface area contributed by atoms with Crippen molar-refractivity contribution in [2.75, 3.05) is 13.2 Å². The van der Waals surface area contributed by atoms with Gasteiger partial charge in [-0.1, -0.05) is 65.8 Å². The second-order valence-electron chi connectivity index (χ2n) is 11.9. The first kappa shape index (κ1) is 27.0. The molecule has 0 bridgehead atoms. The Morgan fingerprint density at radius 1 is 0.973 bits per heavy atom. The van der Waals surface area contributed by atoms with Crippen LogP contribution in [0.3, 0.4) is 0 Å². The quantitative estimate of drug-likeness (QED) is 0.276. The summed E-state index contributed by atoms with van der Waals surface area (Å²) in [5, 5.41) is 12.7. The van der Waals surface area contributed by atoms with Crippen LogP contribution in [-0.4, -0.2) is 30.3 Å². The second-order valence-corrected chi connectivity index (χ2v) is 11.9. The van der Waals surface area contributed by atoms with Gasteiger partial charge >= 0.3 is 5.97 Å². The smallest absolute Gasteiger partial charge is 0.371 e. The number of ether oxygens (including phenoxy) is 1. The summed E-state index contributed by atoms with van der Waals surface area (Å²) in [6.45, 7) is 15.4. The lowest BCUT2D eigenvalue weighted by molar-refractivity contribution is 0.0663. The molecule has 0 spiro atoms. The second kappa shape index (κ2) is 10.7. The van der Waals surface area contributed by atoms with E-state index >= 15 is 0 Å². The minimum Gasteiger partial charge on any atom is -0.493 e. The van der Waals surface area contributed by atoms with E-state index in [0.29, 0.717) is 18.4 Å². The molecular formula is C32H41NO4. The summed E-state index contributed by atoms with van der Waals surface area (Å²) in [7, 11) is 0. The minimum atomic E-state index is -1.07. The molecule has 0 saturated heterocycles. The number of furan rings is 1. The molecule has 0 amide bonds. The number of carbonyl (C=O) groups is 1. The number of unbranched alkanes of at least 4 members (excludes halogenated alkanes) is 1. The van der Waals surface area contributed by atoms with Crippen LogP contribution >= 0.6 is 0 Å². The predicted molar refractivity (Wildman–Crippen MR) is 150 cm³/mol. The molecule has 0 fully saturated rings. The summed E-state index contributed by atoms with van der Waals surface area (Å²) >= 11 is 0. The maximum absolute atomic E-state index is 11.3. The van der Waals surface area contributed by atoms with Gasteiger partial charge in [0.2, 0.25) is 5.76 Å². The molecule has 2 N–H and O–H groups in total. The standard InChI is InChI=1S/C32H41NO4/c1-21(2)33-16-7-8-17-36-28-20-24(19-25-29(28)32(5,6)15-14-31(25,3)4)22-10-9-11-23(18-22)26-12-13-27(37-26)30(34)35/h9-13,18-21,33H,7-8,14-17H2,1-6H3,(H,34,35). The van der Waals surface area contributed by atoms with Crippen LogP contribution in [-0.2, 0) is 10.8 Å². The molecule has 1 heterocycles. The van der Waals surface area contributed by atoms with E-state index in [2.05, 4.69) is 71.1 Å². The Kier molecular flexibility index (Phi) is 7.84. The lowest BCUT2D eigenvalue weighted by Gasteiger charge is -2.43. The number of carboxylic acids is 1. The highest BCUT2D eigenvalue weighted by Crippen LogP contribution is 2.51. The molecule has 4 rings (SSSR count). The molecule has 0 atom stereocenters. The van der Waals surface area contributed by atoms with E-state index in [1.165, 1.54) is 17.2 Å². The molecule has 3 aromatic rings. The van der Waals surface area contributed by atoms with E-state index < -0.39 is 5.97 Å². The number of hydrogen-bond acceptors (Lipinski definition) is 4. The van der Waals surface area contributed by atoms with Crippen molar-refractivity contribution in [3.8, 4) is 28.2 Å². The average molecular weight is 504 g/mol. The van der Waals surface area contributed by atoms with Crippen LogP contribution < -0.4 is 10.1 Å². The Balaban J connectivity index is 1.69. The van der Waals surface area contributed by atoms with Gasteiger partial charge in [0, 0.05) is 17.2 Å². The first-order chi connectivity index (χ1) is 17.5. The third kappa shape index (κ3) is 6.10. The highest BCUT2D eigenvalue weighted by molar-refractivity contribution is 5.85. The molecule has 1 aromatic heterocycles. The van der Waals surface area contributed by atoms with E-state index in [1.54, 1.807) is 6.07 Å². The number of nitrogens with one attached hydrogen (secondary N) is 1. The van der Waals surface area contributed by atoms with Gasteiger partial charge < -0.3 is 19.6 Å². The number of fused-ring (bicyclic) bond motifs is 1. The highest BCUT2D eigenvalue weighted by atomic mass is 16.5. The zero-order valence-corrected chi connectivity index (χ0v) is 23.1. The van der Waals surface area contributed by atoms with Gasteiger partial charge in [-0.15, -0.1) is 0 Å². The van der Waals surface area contributed by atoms with E-state index in [9.17, 15) is 9.90 Å². The first-order valence-electron chi connectivity index (χ1n) is 13.5. The van der Waals surface area contributed by atoms with E-state index in [-0.39, 0.29) is 16.6 Å². The summed E-state index contributed by atoms with van der Waals surface area (Å²) in [5.41, 5.74) is 5.79. The minimum absolute atomic E-state index is 0.0428. The topological polar surface area (TPSA) is 71.7 Å². The van der Waals surface area contributed by atoms with E-state index in [0.717, 1.165) is 54.7 Å². The van der Waals surface area contributed by atoms with Gasteiger partial charge in [-0.2, -0.15) is 0 Å². The van der Waals surface area contributed by atoms with Crippen molar-refractivity contribution >= 4 is 5.97 Å². The normalized spacial score (nSPS) is 16.0. The highest BCUT2D eigenvalue weighted by Gasteiger charge is 2.39. The number of hydrogen-bond donors (Lipinski definition) is 2. The van der Waals surface area contributed by atoms with Crippen molar-refractivity contribution in [1.82, 2.24) is 5.32 Å². The molecule has 2 aromatic carbocycles. The SMILES string of the molecule is CC(C)NCCCCOc1cc(-c2cccc(-c3ccc(C(=O)O)o3)c2)cc2c1C(C)(C)CCC2(C)C. The van der Waals surface area contributed by atoms with Crippen molar-refractivity contribution in [2.45, 2.75) is 84.1 Å². The molecule has 1 aliphatic rings. The van der Waals surface area contributed by atoms with E-state index in [1.807, 2.05) is 12.1 Å². The van der Waals surface area contributed by atoms with Crippen LogP contribution in [0.4, 0.5) is 0 Å². The van der Waals surface area contributed by atoms with Gasteiger partial charge in [0.05, 0.1) is 6.61 Å². The summed E-state index contributed by atoms with van der Waals surface area (Å²) in [6, 6.07) is 16.3. The molecular weight excluding hydrogens is 462 g/mol. The van der Waals surface area contributed by atoms with Gasteiger partial charge in [-0.25, -0.2) is 4.79 Å². The molecule has 0 unspecified atom stereocenters. The fourth-order valence-electron chi connectivity index (χ4n) is 5.27. The Morgan fingerprint density at radius 3 is 2.41 bits per heavy atom. The Labute approximate surface area is 221 Å². The maximum atomic E-state index is 11.3. The monoisotopic (exact) mass is 503 g/mol. The molecule has 0 saturated carbocycles. The van der Waals surface area contributed by atoms with Crippen LogP contribution in [0.5, 0.6) is 5.75 Å². The average Bonchev–Trinajstić information content (AvgIpc) is 3.35. The van der Waals surface area contributed by atoms with Gasteiger partial charge in [0.25, 0.3) is 0 Å². The molecule has 0 radical (unpaired) electrons. The molecule has 1 aliphatic carbocycles. The fraction of sp³-hybridized carbons (Fsp3) is 0.469. The van der Waals surface area contributed by atoms with Crippen LogP contribution in [0.2, 0.25) is 0 Å². The van der Waals surface area contributed by atoms with Crippen LogP contribution in [0, 0.1) is 0 Å². The molecule has 0 aliphatic heterocycles. The van der Waals surface area contributed by atoms with Crippen molar-refractivity contribution in [1.29, 1.82) is 0 Å². The van der Waals surface area contributed by atoms with Crippen LogP contribution in [0.25, 0.3) is 22.5 Å². The number of aromatic carboxylic acids is 1. The van der Waals surface area contributed by atoms with Gasteiger partial charge in [-0.05, 0) is 84.0 Å². The number of benzene rings is 2. The molecule has 37 heavy (non-hydrogen) atoms. The summed E-state index contributed by atoms with van der Waals surface area (Å²) in [4.78, 5) is 11.3. The third-order valence-electron chi connectivity index (χ3n) is 7.56. The van der Waals surface area contributed by atoms with Crippen molar-refractivity contribution in [3.63, 3.8) is 0 Å². The van der Waals surface area contributed by atoms with Gasteiger partial charge in [0.15, 0.2) is 0 Å². The largest absolute Gasteiger partial charge is 0.493 e. The molecule has 198 valence electrons. The Morgan fingerprint density at radius 2 is 1.70 bits per heavy atom. The third-order valence-corrected chi connectivity index (χ3v) is 7.56. The summed E-state index contributed by atoms with van der Waals surface area (Å²) < 4.78 is 12.1. The zero-order valence-electron chi connectivity index (χ0n) is 23.1. The first-order valence-corrected chi connectivity index (χ1v) is 13.5. The fourth-order valence-corrected chi connectivity index (χ4v) is 5.27.